The number of nitrogens with zero attached hydrogens (tertiary/aromatic N) is 2. The third-order valence-corrected chi connectivity index (χ3v) is 4.95. The van der Waals surface area contributed by atoms with E-state index in [0.717, 1.165) is 24.2 Å². The van der Waals surface area contributed by atoms with Gasteiger partial charge in [-0.3, -0.25) is 9.69 Å². The van der Waals surface area contributed by atoms with Crippen LogP contribution in [-0.4, -0.2) is 66.6 Å². The minimum atomic E-state index is -0.922. The molecule has 1 heterocycles. The van der Waals surface area contributed by atoms with Crippen molar-refractivity contribution in [2.45, 2.75) is 6.04 Å². The van der Waals surface area contributed by atoms with Crippen molar-refractivity contribution in [2.24, 2.45) is 0 Å². The molecule has 3 rings (SSSR count). The van der Waals surface area contributed by atoms with Crippen molar-refractivity contribution >= 4 is 11.9 Å². The Balaban J connectivity index is 1.82. The van der Waals surface area contributed by atoms with Crippen molar-refractivity contribution in [2.75, 3.05) is 39.8 Å². The average Bonchev–Trinajstić information content (AvgIpc) is 2.70. The number of carboxylic acids is 1. The van der Waals surface area contributed by atoms with Crippen molar-refractivity contribution in [3.63, 3.8) is 0 Å². The number of rotatable bonds is 6. The largest absolute Gasteiger partial charge is 0.478 e. The third kappa shape index (κ3) is 4.53. The second kappa shape index (κ2) is 8.79. The van der Waals surface area contributed by atoms with Gasteiger partial charge >= 0.3 is 5.97 Å². The van der Waals surface area contributed by atoms with E-state index in [0.29, 0.717) is 19.6 Å². The van der Waals surface area contributed by atoms with E-state index in [1.165, 1.54) is 0 Å². The summed E-state index contributed by atoms with van der Waals surface area (Å²) in [4.78, 5) is 27.5. The molecule has 2 aromatic carbocycles. The summed E-state index contributed by atoms with van der Waals surface area (Å²) in [5.74, 6) is -0.798. The van der Waals surface area contributed by atoms with E-state index in [2.05, 4.69) is 22.3 Å². The summed E-state index contributed by atoms with van der Waals surface area (Å²) in [6.07, 6.45) is 0. The monoisotopic (exact) mass is 367 g/mol. The molecular weight excluding hydrogens is 342 g/mol. The topological polar surface area (TPSA) is 72.9 Å². The maximum absolute atomic E-state index is 12.1. The Morgan fingerprint density at radius 3 is 2.11 bits per heavy atom. The molecule has 0 aliphatic carbocycles. The number of carbonyl (C=O) groups excluding carboxylic acids is 1. The lowest BCUT2D eigenvalue weighted by Crippen LogP contribution is -2.51. The Morgan fingerprint density at radius 2 is 1.56 bits per heavy atom. The van der Waals surface area contributed by atoms with E-state index in [1.807, 2.05) is 35.2 Å². The van der Waals surface area contributed by atoms with Gasteiger partial charge in [0.1, 0.15) is 0 Å². The van der Waals surface area contributed by atoms with Crippen LogP contribution in [0.5, 0.6) is 0 Å². The summed E-state index contributed by atoms with van der Waals surface area (Å²) in [5.41, 5.74) is 2.50. The fourth-order valence-corrected chi connectivity index (χ4v) is 3.55. The highest BCUT2D eigenvalue weighted by molar-refractivity contribution is 5.87. The molecule has 0 bridgehead atoms. The average molecular weight is 367 g/mol. The van der Waals surface area contributed by atoms with Gasteiger partial charge in [0.25, 0.3) is 0 Å². The van der Waals surface area contributed by atoms with Crippen LogP contribution < -0.4 is 5.32 Å². The molecule has 1 atom stereocenters. The summed E-state index contributed by atoms with van der Waals surface area (Å²) in [7, 11) is 1.78. The maximum Gasteiger partial charge on any atom is 0.335 e. The molecule has 1 saturated heterocycles. The minimum Gasteiger partial charge on any atom is -0.478 e. The Morgan fingerprint density at radius 1 is 0.963 bits per heavy atom. The first-order chi connectivity index (χ1) is 13.1. The van der Waals surface area contributed by atoms with Gasteiger partial charge in [-0.05, 0) is 30.3 Å². The lowest BCUT2D eigenvalue weighted by Gasteiger charge is -2.39. The van der Waals surface area contributed by atoms with E-state index < -0.39 is 5.97 Å². The van der Waals surface area contributed by atoms with Crippen LogP contribution in [0.1, 0.15) is 27.5 Å². The Hall–Kier alpha value is -2.70. The fourth-order valence-electron chi connectivity index (χ4n) is 3.55. The third-order valence-electron chi connectivity index (χ3n) is 4.95. The smallest absolute Gasteiger partial charge is 0.335 e. The highest BCUT2D eigenvalue weighted by atomic mass is 16.4. The molecule has 2 N–H and O–H groups in total. The summed E-state index contributed by atoms with van der Waals surface area (Å²) >= 11 is 0. The van der Waals surface area contributed by atoms with E-state index in [4.69, 9.17) is 5.11 Å². The van der Waals surface area contributed by atoms with Crippen LogP contribution in [0.3, 0.4) is 0 Å². The molecule has 27 heavy (non-hydrogen) atoms. The van der Waals surface area contributed by atoms with E-state index in [-0.39, 0.29) is 17.5 Å². The zero-order chi connectivity index (χ0) is 19.2. The molecule has 0 saturated carbocycles. The Bertz CT molecular complexity index is 769. The Kier molecular flexibility index (Phi) is 6.21. The predicted molar refractivity (Wildman–Crippen MR) is 104 cm³/mol. The Labute approximate surface area is 159 Å². The number of nitrogens with one attached hydrogen (secondary N) is 1. The number of benzene rings is 2. The van der Waals surface area contributed by atoms with Crippen molar-refractivity contribution in [3.05, 3.63) is 71.3 Å². The lowest BCUT2D eigenvalue weighted by molar-refractivity contribution is -0.132. The number of carboxylic acid groups (broad SMARTS) is 1. The molecule has 1 amide bonds. The van der Waals surface area contributed by atoms with E-state index in [1.54, 1.807) is 19.2 Å². The van der Waals surface area contributed by atoms with Crippen LogP contribution in [0.15, 0.2) is 54.6 Å². The number of hydrogen-bond donors (Lipinski definition) is 2. The molecule has 6 nitrogen and oxygen atoms in total. The molecule has 1 aliphatic rings. The predicted octanol–water partition coefficient (Wildman–Crippen LogP) is 1.84. The van der Waals surface area contributed by atoms with Gasteiger partial charge < -0.3 is 15.3 Å². The highest BCUT2D eigenvalue weighted by Gasteiger charge is 2.28. The number of piperazine rings is 1. The van der Waals surface area contributed by atoms with Gasteiger partial charge in [-0.1, -0.05) is 42.5 Å². The number of hydrogen-bond acceptors (Lipinski definition) is 4. The van der Waals surface area contributed by atoms with Crippen LogP contribution in [0.4, 0.5) is 0 Å². The maximum atomic E-state index is 12.1. The van der Waals surface area contributed by atoms with Crippen LogP contribution in [0.2, 0.25) is 0 Å². The molecule has 0 aromatic heterocycles. The number of aromatic carboxylic acids is 1. The molecule has 2 aromatic rings. The van der Waals surface area contributed by atoms with E-state index in [9.17, 15) is 9.59 Å². The van der Waals surface area contributed by atoms with Gasteiger partial charge in [-0.15, -0.1) is 0 Å². The first-order valence-electron chi connectivity index (χ1n) is 9.15. The number of amides is 1. The molecule has 0 radical (unpaired) electrons. The number of likely N-dealkylation sites (N-methyl/N-ethyl adjacent to an activating group) is 1. The summed E-state index contributed by atoms with van der Waals surface area (Å²) in [5, 5.41) is 12.1. The normalized spacial score (nSPS) is 16.1. The van der Waals surface area contributed by atoms with Gasteiger partial charge in [0.05, 0.1) is 18.2 Å². The summed E-state index contributed by atoms with van der Waals surface area (Å²) in [6, 6.07) is 17.3. The molecule has 1 aliphatic heterocycles. The van der Waals surface area contributed by atoms with Crippen LogP contribution in [-0.2, 0) is 4.79 Å². The summed E-state index contributed by atoms with van der Waals surface area (Å²) in [6.45, 7) is 3.29. The van der Waals surface area contributed by atoms with Crippen molar-refractivity contribution in [1.29, 1.82) is 0 Å². The van der Waals surface area contributed by atoms with Gasteiger partial charge in [-0.25, -0.2) is 4.79 Å². The molecule has 0 spiro atoms. The first-order valence-corrected chi connectivity index (χ1v) is 9.15. The van der Waals surface area contributed by atoms with Gasteiger partial charge in [0, 0.05) is 26.2 Å². The zero-order valence-electron chi connectivity index (χ0n) is 15.5. The first kappa shape index (κ1) is 19.1. The lowest BCUT2D eigenvalue weighted by atomic mass is 9.95. The van der Waals surface area contributed by atoms with Crippen molar-refractivity contribution < 1.29 is 14.7 Å². The molecule has 142 valence electrons. The second-order valence-electron chi connectivity index (χ2n) is 6.69. The quantitative estimate of drug-likeness (QED) is 0.815. The van der Waals surface area contributed by atoms with E-state index >= 15 is 0 Å². The van der Waals surface area contributed by atoms with Crippen LogP contribution in [0, 0.1) is 0 Å². The summed E-state index contributed by atoms with van der Waals surface area (Å²) < 4.78 is 0. The van der Waals surface area contributed by atoms with Crippen LogP contribution >= 0.6 is 0 Å². The minimum absolute atomic E-state index is 0.0376. The zero-order valence-corrected chi connectivity index (χ0v) is 15.5. The van der Waals surface area contributed by atoms with Crippen molar-refractivity contribution in [3.8, 4) is 0 Å². The standard InChI is InChI=1S/C21H25N3O3/c1-22-15-19(25)23-11-13-24(14-12-23)20(16-5-3-2-4-6-16)17-7-9-18(10-8-17)21(26)27/h2-10,20,22H,11-15H2,1H3,(H,26,27). The van der Waals surface area contributed by atoms with Crippen molar-refractivity contribution in [1.82, 2.24) is 15.1 Å². The second-order valence-corrected chi connectivity index (χ2v) is 6.69. The molecule has 1 unspecified atom stereocenters. The van der Waals surface area contributed by atoms with Gasteiger partial charge in [0.2, 0.25) is 5.91 Å². The van der Waals surface area contributed by atoms with Crippen LogP contribution in [0.25, 0.3) is 0 Å². The molecular formula is C21H25N3O3. The van der Waals surface area contributed by atoms with Gasteiger partial charge in [-0.2, -0.15) is 0 Å². The highest BCUT2D eigenvalue weighted by Crippen LogP contribution is 2.29. The van der Waals surface area contributed by atoms with Gasteiger partial charge in [0.15, 0.2) is 0 Å². The number of carbonyl (C=O) groups is 2. The SMILES string of the molecule is CNCC(=O)N1CCN(C(c2ccccc2)c2ccc(C(=O)O)cc2)CC1. The molecule has 1 fully saturated rings. The fraction of sp³-hybridized carbons (Fsp3) is 0.333. The molecule has 6 heteroatoms.